The number of unbranched alkanes of at least 4 members (excludes halogenated alkanes) is 2. The van der Waals surface area contributed by atoms with E-state index in [9.17, 15) is 5.11 Å². The standard InChI is InChI=1S/C18H29IN2O/c19-10-6-2-5-9-18(22)16-21-13-11-20(12-14-21)15-17-7-3-1-4-8-17/h1,3-4,7-8,18,22H,2,5-6,9-16H2. The summed E-state index contributed by atoms with van der Waals surface area (Å²) >= 11 is 2.42. The summed E-state index contributed by atoms with van der Waals surface area (Å²) in [7, 11) is 0. The number of aliphatic hydroxyl groups excluding tert-OH is 1. The first-order chi connectivity index (χ1) is 10.8. The molecule has 0 saturated carbocycles. The lowest BCUT2D eigenvalue weighted by molar-refractivity contribution is 0.0652. The van der Waals surface area contributed by atoms with Crippen LogP contribution in [0.1, 0.15) is 31.2 Å². The zero-order chi connectivity index (χ0) is 15.6. The molecule has 4 heteroatoms. The number of nitrogens with zero attached hydrogens (tertiary/aromatic N) is 2. The van der Waals surface area contributed by atoms with Crippen molar-refractivity contribution >= 4 is 22.6 Å². The fourth-order valence-electron chi connectivity index (χ4n) is 3.01. The maximum absolute atomic E-state index is 10.1. The van der Waals surface area contributed by atoms with E-state index < -0.39 is 0 Å². The molecule has 0 radical (unpaired) electrons. The van der Waals surface area contributed by atoms with Gasteiger partial charge in [0.1, 0.15) is 0 Å². The summed E-state index contributed by atoms with van der Waals surface area (Å²) in [5.74, 6) is 0. The molecule has 2 rings (SSSR count). The molecule has 0 spiro atoms. The first-order valence-electron chi connectivity index (χ1n) is 8.50. The second-order valence-corrected chi connectivity index (χ2v) is 7.33. The van der Waals surface area contributed by atoms with E-state index in [2.05, 4.69) is 62.7 Å². The minimum atomic E-state index is -0.144. The molecule has 1 aromatic carbocycles. The van der Waals surface area contributed by atoms with Crippen LogP contribution >= 0.6 is 22.6 Å². The molecular formula is C18H29IN2O. The third-order valence-electron chi connectivity index (χ3n) is 4.35. The van der Waals surface area contributed by atoms with E-state index in [4.69, 9.17) is 0 Å². The lowest BCUT2D eigenvalue weighted by atomic mass is 10.1. The van der Waals surface area contributed by atoms with Crippen LogP contribution in [-0.4, -0.2) is 58.2 Å². The van der Waals surface area contributed by atoms with Crippen LogP contribution in [0.25, 0.3) is 0 Å². The molecule has 0 aromatic heterocycles. The van der Waals surface area contributed by atoms with Gasteiger partial charge in [-0.05, 0) is 22.8 Å². The SMILES string of the molecule is OC(CCCCCI)CN1CCN(Cc2ccccc2)CC1. The summed E-state index contributed by atoms with van der Waals surface area (Å²) in [5.41, 5.74) is 1.39. The van der Waals surface area contributed by atoms with Crippen molar-refractivity contribution in [2.24, 2.45) is 0 Å². The average Bonchev–Trinajstić information content (AvgIpc) is 2.54. The van der Waals surface area contributed by atoms with Gasteiger partial charge >= 0.3 is 0 Å². The lowest BCUT2D eigenvalue weighted by Gasteiger charge is -2.35. The van der Waals surface area contributed by atoms with E-state index in [0.29, 0.717) is 0 Å². The van der Waals surface area contributed by atoms with Crippen molar-refractivity contribution in [3.63, 3.8) is 0 Å². The Morgan fingerprint density at radius 3 is 2.32 bits per heavy atom. The molecule has 0 amide bonds. The number of hydrogen-bond acceptors (Lipinski definition) is 3. The maximum atomic E-state index is 10.1. The van der Waals surface area contributed by atoms with Gasteiger partial charge < -0.3 is 5.11 Å². The van der Waals surface area contributed by atoms with Crippen LogP contribution in [0, 0.1) is 0 Å². The predicted molar refractivity (Wildman–Crippen MR) is 102 cm³/mol. The minimum absolute atomic E-state index is 0.144. The van der Waals surface area contributed by atoms with E-state index in [1.165, 1.54) is 22.8 Å². The van der Waals surface area contributed by atoms with E-state index in [0.717, 1.165) is 52.1 Å². The molecule has 22 heavy (non-hydrogen) atoms. The van der Waals surface area contributed by atoms with E-state index in [1.54, 1.807) is 0 Å². The van der Waals surface area contributed by atoms with Gasteiger partial charge in [0.25, 0.3) is 0 Å². The van der Waals surface area contributed by atoms with Gasteiger partial charge in [-0.25, -0.2) is 0 Å². The third kappa shape index (κ3) is 6.94. The Morgan fingerprint density at radius 1 is 0.955 bits per heavy atom. The fraction of sp³-hybridized carbons (Fsp3) is 0.667. The van der Waals surface area contributed by atoms with Gasteiger partial charge in [0, 0.05) is 39.3 Å². The Labute approximate surface area is 148 Å². The van der Waals surface area contributed by atoms with Crippen LogP contribution in [0.15, 0.2) is 30.3 Å². The van der Waals surface area contributed by atoms with Crippen LogP contribution in [0.4, 0.5) is 0 Å². The molecule has 3 nitrogen and oxygen atoms in total. The van der Waals surface area contributed by atoms with Crippen molar-refractivity contribution < 1.29 is 5.11 Å². The number of rotatable bonds is 9. The molecular weight excluding hydrogens is 387 g/mol. The van der Waals surface area contributed by atoms with Gasteiger partial charge in [0.2, 0.25) is 0 Å². The van der Waals surface area contributed by atoms with Gasteiger partial charge in [0.15, 0.2) is 0 Å². The lowest BCUT2D eigenvalue weighted by Crippen LogP contribution is -2.48. The van der Waals surface area contributed by atoms with Gasteiger partial charge in [-0.3, -0.25) is 9.80 Å². The van der Waals surface area contributed by atoms with Crippen LogP contribution in [0.3, 0.4) is 0 Å². The Kier molecular flexibility index (Phi) is 8.74. The molecule has 1 aromatic rings. The average molecular weight is 416 g/mol. The van der Waals surface area contributed by atoms with Crippen molar-refractivity contribution in [1.82, 2.24) is 9.80 Å². The molecule has 1 saturated heterocycles. The normalized spacial score (nSPS) is 18.5. The largest absolute Gasteiger partial charge is 0.392 e. The Morgan fingerprint density at radius 2 is 1.64 bits per heavy atom. The summed E-state index contributed by atoms with van der Waals surface area (Å²) in [6.07, 6.45) is 4.52. The second-order valence-electron chi connectivity index (χ2n) is 6.25. The number of benzene rings is 1. The topological polar surface area (TPSA) is 26.7 Å². The summed E-state index contributed by atoms with van der Waals surface area (Å²) in [6.45, 7) is 6.28. The molecule has 0 aliphatic carbocycles. The van der Waals surface area contributed by atoms with Crippen LogP contribution in [0.2, 0.25) is 0 Å². The highest BCUT2D eigenvalue weighted by molar-refractivity contribution is 14.1. The third-order valence-corrected chi connectivity index (χ3v) is 5.12. The Balaban J connectivity index is 1.60. The molecule has 1 unspecified atom stereocenters. The molecule has 124 valence electrons. The summed E-state index contributed by atoms with van der Waals surface area (Å²) in [6, 6.07) is 10.7. The molecule has 1 atom stereocenters. The molecule has 1 heterocycles. The van der Waals surface area contributed by atoms with Crippen molar-refractivity contribution in [3.05, 3.63) is 35.9 Å². The highest BCUT2D eigenvalue weighted by atomic mass is 127. The Hall–Kier alpha value is -0.170. The van der Waals surface area contributed by atoms with Gasteiger partial charge in [-0.2, -0.15) is 0 Å². The van der Waals surface area contributed by atoms with Crippen LogP contribution < -0.4 is 0 Å². The number of hydrogen-bond donors (Lipinski definition) is 1. The van der Waals surface area contributed by atoms with Crippen LogP contribution in [0.5, 0.6) is 0 Å². The number of β-amino-alcohol motifs (C(OH)–C–C–N with tert-alkyl or cyclic N) is 1. The zero-order valence-electron chi connectivity index (χ0n) is 13.5. The summed E-state index contributed by atoms with van der Waals surface area (Å²) in [4.78, 5) is 4.93. The van der Waals surface area contributed by atoms with E-state index >= 15 is 0 Å². The Bertz CT molecular complexity index is 393. The highest BCUT2D eigenvalue weighted by Crippen LogP contribution is 2.11. The maximum Gasteiger partial charge on any atom is 0.0667 e. The molecule has 1 fully saturated rings. The van der Waals surface area contributed by atoms with Crippen molar-refractivity contribution in [2.45, 2.75) is 38.3 Å². The van der Waals surface area contributed by atoms with Gasteiger partial charge in [-0.15, -0.1) is 0 Å². The quantitative estimate of drug-likeness (QED) is 0.381. The predicted octanol–water partition coefficient (Wildman–Crippen LogP) is 3.16. The van der Waals surface area contributed by atoms with Gasteiger partial charge in [-0.1, -0.05) is 65.8 Å². The smallest absolute Gasteiger partial charge is 0.0667 e. The highest BCUT2D eigenvalue weighted by Gasteiger charge is 2.19. The number of alkyl halides is 1. The van der Waals surface area contributed by atoms with Crippen molar-refractivity contribution in [2.75, 3.05) is 37.2 Å². The molecule has 0 bridgehead atoms. The second kappa shape index (κ2) is 10.6. The first kappa shape index (κ1) is 18.2. The van der Waals surface area contributed by atoms with E-state index in [1.807, 2.05) is 0 Å². The number of aliphatic hydroxyl groups is 1. The van der Waals surface area contributed by atoms with Gasteiger partial charge in [0.05, 0.1) is 6.10 Å². The fourth-order valence-corrected chi connectivity index (χ4v) is 3.55. The van der Waals surface area contributed by atoms with Crippen molar-refractivity contribution in [1.29, 1.82) is 0 Å². The van der Waals surface area contributed by atoms with Crippen molar-refractivity contribution in [3.8, 4) is 0 Å². The summed E-state index contributed by atoms with van der Waals surface area (Å²) < 4.78 is 1.23. The molecule has 1 N–H and O–H groups in total. The molecule has 1 aliphatic rings. The number of halogens is 1. The molecule has 1 aliphatic heterocycles. The van der Waals surface area contributed by atoms with Crippen LogP contribution in [-0.2, 0) is 6.54 Å². The summed E-state index contributed by atoms with van der Waals surface area (Å²) in [5, 5.41) is 10.1. The first-order valence-corrected chi connectivity index (χ1v) is 10.0. The monoisotopic (exact) mass is 416 g/mol. The zero-order valence-corrected chi connectivity index (χ0v) is 15.6. The van der Waals surface area contributed by atoms with E-state index in [-0.39, 0.29) is 6.10 Å². The minimum Gasteiger partial charge on any atom is -0.392 e. The number of piperazine rings is 1.